The van der Waals surface area contributed by atoms with E-state index in [2.05, 4.69) is 5.32 Å². The Hall–Kier alpha value is -2.17. The van der Waals surface area contributed by atoms with Crippen LogP contribution in [-0.2, 0) is 10.4 Å². The SMILES string of the molecule is CC(=O)O.OC(c1ccccc1)(c1ccccc1)[C@@H]1CCCN1. The highest BCUT2D eigenvalue weighted by Crippen LogP contribution is 2.36. The number of nitrogens with one attached hydrogen (secondary N) is 1. The minimum atomic E-state index is -0.945. The normalized spacial score (nSPS) is 17.2. The first kappa shape index (κ1) is 17.2. The van der Waals surface area contributed by atoms with E-state index in [4.69, 9.17) is 9.90 Å². The van der Waals surface area contributed by atoms with Gasteiger partial charge < -0.3 is 15.5 Å². The molecule has 0 amide bonds. The van der Waals surface area contributed by atoms with Gasteiger partial charge in [0.25, 0.3) is 5.97 Å². The maximum absolute atomic E-state index is 11.4. The molecule has 2 aromatic carbocycles. The second kappa shape index (κ2) is 7.90. The molecule has 0 bridgehead atoms. The lowest BCUT2D eigenvalue weighted by atomic mass is 9.79. The van der Waals surface area contributed by atoms with Crippen molar-refractivity contribution in [1.82, 2.24) is 5.32 Å². The number of hydrogen-bond donors (Lipinski definition) is 3. The Balaban J connectivity index is 0.000000433. The van der Waals surface area contributed by atoms with Gasteiger partial charge in [-0.25, -0.2) is 0 Å². The van der Waals surface area contributed by atoms with Crippen molar-refractivity contribution >= 4 is 5.97 Å². The van der Waals surface area contributed by atoms with Crippen molar-refractivity contribution in [1.29, 1.82) is 0 Å². The van der Waals surface area contributed by atoms with Gasteiger partial charge in [0.05, 0.1) is 0 Å². The molecule has 1 heterocycles. The highest BCUT2D eigenvalue weighted by atomic mass is 16.4. The average Bonchev–Trinajstić information content (AvgIpc) is 3.10. The molecular formula is C19H23NO3. The number of carboxylic acids is 1. The number of carboxylic acid groups (broad SMARTS) is 1. The van der Waals surface area contributed by atoms with Gasteiger partial charge in [-0.05, 0) is 30.5 Å². The Kier molecular flexibility index (Phi) is 5.90. The first-order valence-corrected chi connectivity index (χ1v) is 7.81. The van der Waals surface area contributed by atoms with E-state index in [1.807, 2.05) is 60.7 Å². The van der Waals surface area contributed by atoms with Crippen LogP contribution in [0.5, 0.6) is 0 Å². The van der Waals surface area contributed by atoms with E-state index >= 15 is 0 Å². The van der Waals surface area contributed by atoms with Crippen molar-refractivity contribution in [3.63, 3.8) is 0 Å². The highest BCUT2D eigenvalue weighted by Gasteiger charge is 2.41. The van der Waals surface area contributed by atoms with Crippen LogP contribution in [0, 0.1) is 0 Å². The van der Waals surface area contributed by atoms with Crippen molar-refractivity contribution in [2.75, 3.05) is 6.54 Å². The fourth-order valence-corrected chi connectivity index (χ4v) is 2.99. The first-order valence-electron chi connectivity index (χ1n) is 7.81. The summed E-state index contributed by atoms with van der Waals surface area (Å²) in [6.45, 7) is 2.06. The average molecular weight is 313 g/mol. The molecule has 0 aliphatic carbocycles. The molecule has 1 aliphatic heterocycles. The van der Waals surface area contributed by atoms with Crippen molar-refractivity contribution in [3.8, 4) is 0 Å². The van der Waals surface area contributed by atoms with Gasteiger partial charge >= 0.3 is 0 Å². The van der Waals surface area contributed by atoms with Crippen molar-refractivity contribution in [2.24, 2.45) is 0 Å². The Morgan fingerprint density at radius 1 is 1.04 bits per heavy atom. The summed E-state index contributed by atoms with van der Waals surface area (Å²) in [6, 6.07) is 20.0. The molecule has 2 aromatic rings. The van der Waals surface area contributed by atoms with E-state index in [0.717, 1.165) is 37.4 Å². The summed E-state index contributed by atoms with van der Waals surface area (Å²) in [5.41, 5.74) is 0.972. The van der Waals surface area contributed by atoms with E-state index < -0.39 is 11.6 Å². The fourth-order valence-electron chi connectivity index (χ4n) is 2.99. The van der Waals surface area contributed by atoms with E-state index in [1.54, 1.807) is 0 Å². The maximum Gasteiger partial charge on any atom is 0.300 e. The number of benzene rings is 2. The summed E-state index contributed by atoms with van der Waals surface area (Å²) in [5, 5.41) is 22.3. The predicted octanol–water partition coefficient (Wildman–Crippen LogP) is 2.77. The van der Waals surface area contributed by atoms with Crippen LogP contribution in [0.1, 0.15) is 30.9 Å². The Labute approximate surface area is 136 Å². The number of hydrogen-bond acceptors (Lipinski definition) is 3. The van der Waals surface area contributed by atoms with Crippen LogP contribution in [0.15, 0.2) is 60.7 Å². The van der Waals surface area contributed by atoms with Crippen LogP contribution < -0.4 is 5.32 Å². The quantitative estimate of drug-likeness (QED) is 0.815. The van der Waals surface area contributed by atoms with Crippen LogP contribution in [0.2, 0.25) is 0 Å². The first-order chi connectivity index (χ1) is 11.0. The molecule has 0 saturated carbocycles. The minimum absolute atomic E-state index is 0.0808. The molecule has 4 nitrogen and oxygen atoms in total. The van der Waals surface area contributed by atoms with Crippen LogP contribution in [-0.4, -0.2) is 28.8 Å². The molecule has 1 atom stereocenters. The zero-order valence-electron chi connectivity index (χ0n) is 13.3. The van der Waals surface area contributed by atoms with Crippen LogP contribution >= 0.6 is 0 Å². The van der Waals surface area contributed by atoms with Gasteiger partial charge in [-0.2, -0.15) is 0 Å². The summed E-state index contributed by atoms with van der Waals surface area (Å²) in [4.78, 5) is 9.00. The van der Waals surface area contributed by atoms with Gasteiger partial charge in [-0.1, -0.05) is 60.7 Å². The second-order valence-corrected chi connectivity index (χ2v) is 5.67. The largest absolute Gasteiger partial charge is 0.481 e. The van der Waals surface area contributed by atoms with Crippen LogP contribution in [0.25, 0.3) is 0 Å². The molecule has 0 spiro atoms. The minimum Gasteiger partial charge on any atom is -0.481 e. The third-order valence-corrected chi connectivity index (χ3v) is 3.99. The van der Waals surface area contributed by atoms with E-state index in [9.17, 15) is 5.11 Å². The predicted molar refractivity (Wildman–Crippen MR) is 90.2 cm³/mol. The smallest absolute Gasteiger partial charge is 0.300 e. The molecule has 1 aliphatic rings. The van der Waals surface area contributed by atoms with Gasteiger partial charge in [0.15, 0.2) is 0 Å². The molecule has 3 N–H and O–H groups in total. The third kappa shape index (κ3) is 4.18. The van der Waals surface area contributed by atoms with E-state index in [0.29, 0.717) is 0 Å². The molecule has 1 saturated heterocycles. The zero-order chi connectivity index (χ0) is 16.7. The fraction of sp³-hybridized carbons (Fsp3) is 0.316. The van der Waals surface area contributed by atoms with Crippen LogP contribution in [0.3, 0.4) is 0 Å². The lowest BCUT2D eigenvalue weighted by Gasteiger charge is -2.35. The number of aliphatic hydroxyl groups is 1. The van der Waals surface area contributed by atoms with Crippen molar-refractivity contribution in [3.05, 3.63) is 71.8 Å². The van der Waals surface area contributed by atoms with Crippen LogP contribution in [0.4, 0.5) is 0 Å². The van der Waals surface area contributed by atoms with Gasteiger partial charge in [0.1, 0.15) is 5.60 Å². The summed E-state index contributed by atoms with van der Waals surface area (Å²) < 4.78 is 0. The van der Waals surface area contributed by atoms with Gasteiger partial charge in [-0.15, -0.1) is 0 Å². The number of carbonyl (C=O) groups is 1. The lowest BCUT2D eigenvalue weighted by molar-refractivity contribution is -0.134. The zero-order valence-corrected chi connectivity index (χ0v) is 13.3. The Morgan fingerprint density at radius 2 is 1.48 bits per heavy atom. The summed E-state index contributed by atoms with van der Waals surface area (Å²) in [5.74, 6) is -0.833. The molecule has 122 valence electrons. The third-order valence-electron chi connectivity index (χ3n) is 3.99. The summed E-state index contributed by atoms with van der Waals surface area (Å²) >= 11 is 0. The molecule has 0 unspecified atom stereocenters. The molecule has 4 heteroatoms. The molecule has 0 aromatic heterocycles. The van der Waals surface area contributed by atoms with E-state index in [-0.39, 0.29) is 6.04 Å². The van der Waals surface area contributed by atoms with Gasteiger partial charge in [0, 0.05) is 13.0 Å². The van der Waals surface area contributed by atoms with Gasteiger partial charge in [0.2, 0.25) is 0 Å². The van der Waals surface area contributed by atoms with Gasteiger partial charge in [-0.3, -0.25) is 4.79 Å². The Bertz CT molecular complexity index is 564. The maximum atomic E-state index is 11.4. The molecule has 23 heavy (non-hydrogen) atoms. The lowest BCUT2D eigenvalue weighted by Crippen LogP contribution is -2.46. The van der Waals surface area contributed by atoms with Crippen molar-refractivity contribution < 1.29 is 15.0 Å². The standard InChI is InChI=1S/C17H19NO.C2H4O2/c19-17(16-12-7-13-18-16,14-8-3-1-4-9-14)15-10-5-2-6-11-15;1-2(3)4/h1-6,8-11,16,18-19H,7,12-13H2;1H3,(H,3,4)/t16-;/m0./s1. The highest BCUT2D eigenvalue weighted by molar-refractivity contribution is 5.62. The molecule has 3 rings (SSSR count). The topological polar surface area (TPSA) is 69.6 Å². The second-order valence-electron chi connectivity index (χ2n) is 5.67. The summed E-state index contributed by atoms with van der Waals surface area (Å²) in [7, 11) is 0. The molecule has 1 fully saturated rings. The number of aliphatic carboxylic acids is 1. The Morgan fingerprint density at radius 3 is 1.83 bits per heavy atom. The van der Waals surface area contributed by atoms with E-state index in [1.165, 1.54) is 0 Å². The monoisotopic (exact) mass is 313 g/mol. The molecular weight excluding hydrogens is 290 g/mol. The summed E-state index contributed by atoms with van der Waals surface area (Å²) in [6.07, 6.45) is 2.12. The van der Waals surface area contributed by atoms with Crippen molar-refractivity contribution in [2.45, 2.75) is 31.4 Å². The number of rotatable bonds is 3. The molecule has 0 radical (unpaired) electrons.